The van der Waals surface area contributed by atoms with E-state index in [4.69, 9.17) is 11.6 Å². The minimum Gasteiger partial charge on any atom is -0.370 e. The molecule has 0 aromatic carbocycles. The molecule has 0 bridgehead atoms. The van der Waals surface area contributed by atoms with Crippen LogP contribution in [0.2, 0.25) is 5.15 Å². The van der Waals surface area contributed by atoms with Crippen LogP contribution in [-0.4, -0.2) is 26.1 Å². The second-order valence-corrected chi connectivity index (χ2v) is 3.25. The fourth-order valence-electron chi connectivity index (χ4n) is 1.16. The number of halogens is 1. The van der Waals surface area contributed by atoms with Gasteiger partial charge in [-0.3, -0.25) is 0 Å². The molecule has 0 aliphatic rings. The van der Waals surface area contributed by atoms with E-state index in [1.165, 1.54) is 6.33 Å². The Kier molecular flexibility index (Phi) is 2.49. The normalized spacial score (nSPS) is 10.7. The minimum atomic E-state index is 0.420. The smallest absolute Gasteiger partial charge is 0.255 e. The standard InChI is InChI=1S/C8H10ClN5/c1-2-3-10-7-4-6(9)13-8-11-5-12-14(7)8/h4-5,10H,2-3H2,1H3. The molecule has 2 heterocycles. The Labute approximate surface area is 86.1 Å². The van der Waals surface area contributed by atoms with Gasteiger partial charge < -0.3 is 5.32 Å². The molecule has 0 atom stereocenters. The maximum Gasteiger partial charge on any atom is 0.255 e. The fraction of sp³-hybridized carbons (Fsp3) is 0.375. The van der Waals surface area contributed by atoms with Crippen molar-refractivity contribution in [2.24, 2.45) is 0 Å². The highest BCUT2D eigenvalue weighted by Crippen LogP contribution is 2.13. The van der Waals surface area contributed by atoms with Crippen molar-refractivity contribution in [2.45, 2.75) is 13.3 Å². The summed E-state index contributed by atoms with van der Waals surface area (Å²) >= 11 is 5.83. The van der Waals surface area contributed by atoms with Crippen molar-refractivity contribution in [2.75, 3.05) is 11.9 Å². The lowest BCUT2D eigenvalue weighted by Gasteiger charge is -2.05. The maximum atomic E-state index is 5.83. The van der Waals surface area contributed by atoms with Gasteiger partial charge in [-0.2, -0.15) is 19.6 Å². The van der Waals surface area contributed by atoms with Crippen molar-refractivity contribution in [3.05, 3.63) is 17.5 Å². The molecule has 2 aromatic rings. The minimum absolute atomic E-state index is 0.420. The number of rotatable bonds is 3. The predicted molar refractivity (Wildman–Crippen MR) is 54.6 cm³/mol. The third-order valence-corrected chi connectivity index (χ3v) is 1.97. The van der Waals surface area contributed by atoms with Crippen LogP contribution in [0.15, 0.2) is 12.4 Å². The topological polar surface area (TPSA) is 55.1 Å². The highest BCUT2D eigenvalue weighted by atomic mass is 35.5. The van der Waals surface area contributed by atoms with Crippen molar-refractivity contribution in [3.8, 4) is 0 Å². The molecule has 0 aliphatic carbocycles. The third-order valence-electron chi connectivity index (χ3n) is 1.78. The van der Waals surface area contributed by atoms with Gasteiger partial charge in [-0.25, -0.2) is 0 Å². The van der Waals surface area contributed by atoms with Gasteiger partial charge in [-0.15, -0.1) is 0 Å². The van der Waals surface area contributed by atoms with Crippen LogP contribution in [0.1, 0.15) is 13.3 Å². The van der Waals surface area contributed by atoms with Gasteiger partial charge in [0.1, 0.15) is 17.3 Å². The summed E-state index contributed by atoms with van der Waals surface area (Å²) in [5.74, 6) is 1.33. The molecule has 0 fully saturated rings. The van der Waals surface area contributed by atoms with E-state index in [2.05, 4.69) is 27.3 Å². The number of hydrogen-bond acceptors (Lipinski definition) is 4. The van der Waals surface area contributed by atoms with Crippen LogP contribution in [0, 0.1) is 0 Å². The molecule has 2 aromatic heterocycles. The molecular weight excluding hydrogens is 202 g/mol. The monoisotopic (exact) mass is 211 g/mol. The van der Waals surface area contributed by atoms with E-state index in [1.807, 2.05) is 0 Å². The highest BCUT2D eigenvalue weighted by Gasteiger charge is 2.04. The predicted octanol–water partition coefficient (Wildman–Crippen LogP) is 1.60. The highest BCUT2D eigenvalue weighted by molar-refractivity contribution is 6.29. The van der Waals surface area contributed by atoms with Crippen LogP contribution in [0.4, 0.5) is 5.82 Å². The van der Waals surface area contributed by atoms with Gasteiger partial charge in [0, 0.05) is 12.6 Å². The van der Waals surface area contributed by atoms with E-state index in [1.54, 1.807) is 10.6 Å². The Morgan fingerprint density at radius 2 is 2.43 bits per heavy atom. The first kappa shape index (κ1) is 9.21. The summed E-state index contributed by atoms with van der Waals surface area (Å²) in [7, 11) is 0. The SMILES string of the molecule is CCCNc1cc(Cl)nc2ncnn12. The van der Waals surface area contributed by atoms with E-state index < -0.39 is 0 Å². The Bertz CT molecular complexity index is 438. The molecule has 0 saturated carbocycles. The molecule has 74 valence electrons. The molecule has 6 heteroatoms. The zero-order valence-corrected chi connectivity index (χ0v) is 8.49. The average molecular weight is 212 g/mol. The molecule has 0 radical (unpaired) electrons. The van der Waals surface area contributed by atoms with Gasteiger partial charge in [-0.05, 0) is 6.42 Å². The molecule has 0 spiro atoms. The largest absolute Gasteiger partial charge is 0.370 e. The first-order chi connectivity index (χ1) is 6.81. The molecule has 2 rings (SSSR count). The van der Waals surface area contributed by atoms with Crippen molar-refractivity contribution >= 4 is 23.2 Å². The second kappa shape index (κ2) is 3.79. The Balaban J connectivity index is 2.44. The van der Waals surface area contributed by atoms with Gasteiger partial charge in [0.05, 0.1) is 0 Å². The fourth-order valence-corrected chi connectivity index (χ4v) is 1.34. The Hall–Kier alpha value is -1.36. The van der Waals surface area contributed by atoms with Gasteiger partial charge in [0.25, 0.3) is 5.78 Å². The molecular formula is C8H10ClN5. The first-order valence-corrected chi connectivity index (χ1v) is 4.79. The van der Waals surface area contributed by atoms with Crippen molar-refractivity contribution in [1.29, 1.82) is 0 Å². The zero-order valence-electron chi connectivity index (χ0n) is 7.74. The second-order valence-electron chi connectivity index (χ2n) is 2.86. The van der Waals surface area contributed by atoms with Crippen LogP contribution < -0.4 is 5.32 Å². The quantitative estimate of drug-likeness (QED) is 0.784. The number of hydrogen-bond donors (Lipinski definition) is 1. The molecule has 1 N–H and O–H groups in total. The number of nitrogens with zero attached hydrogens (tertiary/aromatic N) is 4. The Morgan fingerprint density at radius 3 is 3.21 bits per heavy atom. The summed E-state index contributed by atoms with van der Waals surface area (Å²) in [6.45, 7) is 2.96. The van der Waals surface area contributed by atoms with Gasteiger partial charge in [0.2, 0.25) is 0 Å². The van der Waals surface area contributed by atoms with Crippen LogP contribution in [0.5, 0.6) is 0 Å². The lowest BCUT2D eigenvalue weighted by atomic mass is 10.4. The third kappa shape index (κ3) is 1.63. The lowest BCUT2D eigenvalue weighted by molar-refractivity contribution is 0.902. The molecule has 0 amide bonds. The Morgan fingerprint density at radius 1 is 1.57 bits per heavy atom. The van der Waals surface area contributed by atoms with Crippen LogP contribution in [0.25, 0.3) is 5.78 Å². The van der Waals surface area contributed by atoms with E-state index in [0.717, 1.165) is 18.8 Å². The summed E-state index contributed by atoms with van der Waals surface area (Å²) < 4.78 is 1.63. The summed E-state index contributed by atoms with van der Waals surface area (Å²) in [5.41, 5.74) is 0. The molecule has 0 unspecified atom stereocenters. The van der Waals surface area contributed by atoms with Gasteiger partial charge in [0.15, 0.2) is 0 Å². The molecule has 0 saturated heterocycles. The first-order valence-electron chi connectivity index (χ1n) is 4.41. The maximum absolute atomic E-state index is 5.83. The molecule has 14 heavy (non-hydrogen) atoms. The summed E-state index contributed by atoms with van der Waals surface area (Å²) in [6.07, 6.45) is 2.49. The van der Waals surface area contributed by atoms with E-state index >= 15 is 0 Å². The summed E-state index contributed by atoms with van der Waals surface area (Å²) in [4.78, 5) is 7.98. The van der Waals surface area contributed by atoms with E-state index in [-0.39, 0.29) is 0 Å². The van der Waals surface area contributed by atoms with Crippen LogP contribution in [-0.2, 0) is 0 Å². The molecule has 5 nitrogen and oxygen atoms in total. The van der Waals surface area contributed by atoms with Crippen molar-refractivity contribution < 1.29 is 0 Å². The van der Waals surface area contributed by atoms with Crippen molar-refractivity contribution in [3.63, 3.8) is 0 Å². The van der Waals surface area contributed by atoms with Crippen LogP contribution >= 0.6 is 11.6 Å². The average Bonchev–Trinajstić information content (AvgIpc) is 2.61. The number of nitrogens with one attached hydrogen (secondary N) is 1. The van der Waals surface area contributed by atoms with E-state index in [0.29, 0.717) is 10.9 Å². The molecule has 0 aliphatic heterocycles. The van der Waals surface area contributed by atoms with Crippen molar-refractivity contribution in [1.82, 2.24) is 19.6 Å². The van der Waals surface area contributed by atoms with E-state index in [9.17, 15) is 0 Å². The zero-order chi connectivity index (χ0) is 9.97. The van der Waals surface area contributed by atoms with Gasteiger partial charge in [-0.1, -0.05) is 18.5 Å². The number of aromatic nitrogens is 4. The summed E-state index contributed by atoms with van der Waals surface area (Å²) in [6, 6.07) is 1.74. The van der Waals surface area contributed by atoms with Crippen LogP contribution in [0.3, 0.4) is 0 Å². The summed E-state index contributed by atoms with van der Waals surface area (Å²) in [5, 5.41) is 7.66. The number of fused-ring (bicyclic) bond motifs is 1. The lowest BCUT2D eigenvalue weighted by Crippen LogP contribution is -2.06. The van der Waals surface area contributed by atoms with Gasteiger partial charge >= 0.3 is 0 Å². The number of anilines is 1.